The standard InChI is InChI=1S/C13H18O3/c1-15-9-12(16-2)10-3-5-11(6-4-10)13(14)7-8-13/h3-6,12,14H,7-9H2,1-2H3. The fourth-order valence-corrected chi connectivity index (χ4v) is 1.87. The van der Waals surface area contributed by atoms with Gasteiger partial charge in [0.15, 0.2) is 0 Å². The fraction of sp³-hybridized carbons (Fsp3) is 0.538. The second kappa shape index (κ2) is 4.53. The molecule has 0 amide bonds. The number of benzene rings is 1. The third-order valence-electron chi connectivity index (χ3n) is 3.15. The van der Waals surface area contributed by atoms with Crippen molar-refractivity contribution in [2.75, 3.05) is 20.8 Å². The lowest BCUT2D eigenvalue weighted by atomic mass is 10.0. The van der Waals surface area contributed by atoms with Crippen LogP contribution in [0.4, 0.5) is 0 Å². The maximum atomic E-state index is 9.93. The van der Waals surface area contributed by atoms with Gasteiger partial charge in [-0.3, -0.25) is 0 Å². The molecule has 1 saturated carbocycles. The molecule has 0 aromatic heterocycles. The van der Waals surface area contributed by atoms with Gasteiger partial charge in [-0.15, -0.1) is 0 Å². The zero-order chi connectivity index (χ0) is 11.6. The Morgan fingerprint density at radius 3 is 2.31 bits per heavy atom. The molecule has 16 heavy (non-hydrogen) atoms. The second-order valence-electron chi connectivity index (χ2n) is 4.33. The van der Waals surface area contributed by atoms with Gasteiger partial charge in [-0.2, -0.15) is 0 Å². The third kappa shape index (κ3) is 2.26. The Bertz CT molecular complexity index is 341. The molecule has 0 spiro atoms. The molecule has 0 heterocycles. The Balaban J connectivity index is 2.11. The van der Waals surface area contributed by atoms with Crippen LogP contribution in [0.5, 0.6) is 0 Å². The minimum absolute atomic E-state index is 0.0344. The predicted octanol–water partition coefficient (Wildman–Crippen LogP) is 2.00. The van der Waals surface area contributed by atoms with Crippen LogP contribution in [-0.2, 0) is 15.1 Å². The van der Waals surface area contributed by atoms with E-state index in [4.69, 9.17) is 9.47 Å². The monoisotopic (exact) mass is 222 g/mol. The first-order valence-corrected chi connectivity index (χ1v) is 5.54. The van der Waals surface area contributed by atoms with Gasteiger partial charge in [0.1, 0.15) is 6.10 Å². The SMILES string of the molecule is COCC(OC)c1ccc(C2(O)CC2)cc1. The smallest absolute Gasteiger partial charge is 0.105 e. The summed E-state index contributed by atoms with van der Waals surface area (Å²) in [5.41, 5.74) is 1.53. The highest BCUT2D eigenvalue weighted by atomic mass is 16.5. The minimum atomic E-state index is -0.553. The Morgan fingerprint density at radius 2 is 1.88 bits per heavy atom. The normalized spacial score (nSPS) is 19.4. The van der Waals surface area contributed by atoms with Crippen molar-refractivity contribution in [1.29, 1.82) is 0 Å². The molecule has 3 nitrogen and oxygen atoms in total. The van der Waals surface area contributed by atoms with E-state index < -0.39 is 5.60 Å². The largest absolute Gasteiger partial charge is 0.385 e. The molecule has 1 unspecified atom stereocenters. The van der Waals surface area contributed by atoms with Crippen LogP contribution in [-0.4, -0.2) is 25.9 Å². The Morgan fingerprint density at radius 1 is 1.25 bits per heavy atom. The van der Waals surface area contributed by atoms with Gasteiger partial charge in [-0.25, -0.2) is 0 Å². The van der Waals surface area contributed by atoms with Crippen LogP contribution in [0, 0.1) is 0 Å². The number of hydrogen-bond donors (Lipinski definition) is 1. The van der Waals surface area contributed by atoms with Crippen molar-refractivity contribution < 1.29 is 14.6 Å². The summed E-state index contributed by atoms with van der Waals surface area (Å²) in [5, 5.41) is 9.93. The Hall–Kier alpha value is -0.900. The van der Waals surface area contributed by atoms with Crippen LogP contribution < -0.4 is 0 Å². The topological polar surface area (TPSA) is 38.7 Å². The number of aliphatic hydroxyl groups is 1. The average Bonchev–Trinajstić information content (AvgIpc) is 3.06. The molecule has 3 heteroatoms. The molecule has 0 bridgehead atoms. The summed E-state index contributed by atoms with van der Waals surface area (Å²) >= 11 is 0. The highest BCUT2D eigenvalue weighted by Crippen LogP contribution is 2.45. The summed E-state index contributed by atoms with van der Waals surface area (Å²) in [5.74, 6) is 0. The lowest BCUT2D eigenvalue weighted by molar-refractivity contribution is 0.0274. The molecule has 1 aromatic rings. The summed E-state index contributed by atoms with van der Waals surface area (Å²) in [4.78, 5) is 0. The van der Waals surface area contributed by atoms with Crippen LogP contribution in [0.2, 0.25) is 0 Å². The van der Waals surface area contributed by atoms with Crippen molar-refractivity contribution in [3.63, 3.8) is 0 Å². The van der Waals surface area contributed by atoms with Crippen LogP contribution in [0.1, 0.15) is 30.1 Å². The fourth-order valence-electron chi connectivity index (χ4n) is 1.87. The first-order valence-electron chi connectivity index (χ1n) is 5.54. The zero-order valence-electron chi connectivity index (χ0n) is 9.77. The number of rotatable bonds is 5. The number of hydrogen-bond acceptors (Lipinski definition) is 3. The molecular formula is C13H18O3. The molecule has 0 saturated heterocycles. The summed E-state index contributed by atoms with van der Waals surface area (Å²) in [7, 11) is 3.33. The summed E-state index contributed by atoms with van der Waals surface area (Å²) in [6.45, 7) is 0.542. The van der Waals surface area contributed by atoms with Crippen molar-refractivity contribution in [2.24, 2.45) is 0 Å². The number of ether oxygens (including phenoxy) is 2. The van der Waals surface area contributed by atoms with Crippen molar-refractivity contribution in [1.82, 2.24) is 0 Å². The predicted molar refractivity (Wildman–Crippen MR) is 61.2 cm³/mol. The van der Waals surface area contributed by atoms with E-state index in [2.05, 4.69) is 0 Å². The summed E-state index contributed by atoms with van der Waals surface area (Å²) in [6, 6.07) is 7.95. The van der Waals surface area contributed by atoms with E-state index in [-0.39, 0.29) is 6.10 Å². The lowest BCUT2D eigenvalue weighted by Gasteiger charge is -2.16. The van der Waals surface area contributed by atoms with E-state index in [0.29, 0.717) is 6.61 Å². The van der Waals surface area contributed by atoms with E-state index in [1.165, 1.54) is 0 Å². The average molecular weight is 222 g/mol. The van der Waals surface area contributed by atoms with Gasteiger partial charge < -0.3 is 14.6 Å². The van der Waals surface area contributed by atoms with Gasteiger partial charge in [0.05, 0.1) is 12.2 Å². The van der Waals surface area contributed by atoms with E-state index in [1.807, 2.05) is 24.3 Å². The van der Waals surface area contributed by atoms with Crippen LogP contribution in [0.15, 0.2) is 24.3 Å². The van der Waals surface area contributed by atoms with Gasteiger partial charge in [0, 0.05) is 14.2 Å². The lowest BCUT2D eigenvalue weighted by Crippen LogP contribution is -2.09. The summed E-state index contributed by atoms with van der Waals surface area (Å²) < 4.78 is 10.4. The molecular weight excluding hydrogens is 204 g/mol. The maximum absolute atomic E-state index is 9.93. The third-order valence-corrected chi connectivity index (χ3v) is 3.15. The molecule has 0 radical (unpaired) electrons. The van der Waals surface area contributed by atoms with E-state index in [0.717, 1.165) is 24.0 Å². The first kappa shape index (κ1) is 11.6. The molecule has 1 aliphatic rings. The zero-order valence-corrected chi connectivity index (χ0v) is 9.77. The Kier molecular flexibility index (Phi) is 3.28. The van der Waals surface area contributed by atoms with E-state index in [9.17, 15) is 5.11 Å². The summed E-state index contributed by atoms with van der Waals surface area (Å²) in [6.07, 6.45) is 1.71. The minimum Gasteiger partial charge on any atom is -0.385 e. The highest BCUT2D eigenvalue weighted by molar-refractivity contribution is 5.31. The van der Waals surface area contributed by atoms with Gasteiger partial charge in [-0.05, 0) is 24.0 Å². The van der Waals surface area contributed by atoms with E-state index >= 15 is 0 Å². The maximum Gasteiger partial charge on any atom is 0.105 e. The first-order chi connectivity index (χ1) is 7.69. The number of methoxy groups -OCH3 is 2. The van der Waals surface area contributed by atoms with Crippen molar-refractivity contribution in [3.05, 3.63) is 35.4 Å². The van der Waals surface area contributed by atoms with Crippen molar-refractivity contribution in [2.45, 2.75) is 24.5 Å². The molecule has 88 valence electrons. The van der Waals surface area contributed by atoms with Gasteiger partial charge >= 0.3 is 0 Å². The van der Waals surface area contributed by atoms with Crippen LogP contribution in [0.3, 0.4) is 0 Å². The van der Waals surface area contributed by atoms with Crippen LogP contribution >= 0.6 is 0 Å². The molecule has 1 fully saturated rings. The van der Waals surface area contributed by atoms with Gasteiger partial charge in [-0.1, -0.05) is 24.3 Å². The van der Waals surface area contributed by atoms with Crippen LogP contribution in [0.25, 0.3) is 0 Å². The van der Waals surface area contributed by atoms with E-state index in [1.54, 1.807) is 14.2 Å². The molecule has 0 aliphatic heterocycles. The molecule has 1 atom stereocenters. The van der Waals surface area contributed by atoms with Crippen molar-refractivity contribution >= 4 is 0 Å². The quantitative estimate of drug-likeness (QED) is 0.828. The molecule has 1 aromatic carbocycles. The molecule has 1 aliphatic carbocycles. The van der Waals surface area contributed by atoms with Gasteiger partial charge in [0.2, 0.25) is 0 Å². The van der Waals surface area contributed by atoms with Gasteiger partial charge in [0.25, 0.3) is 0 Å². The Labute approximate surface area is 96.0 Å². The van der Waals surface area contributed by atoms with Crippen molar-refractivity contribution in [3.8, 4) is 0 Å². The second-order valence-corrected chi connectivity index (χ2v) is 4.33. The molecule has 1 N–H and O–H groups in total. The molecule has 2 rings (SSSR count). The highest BCUT2D eigenvalue weighted by Gasteiger charge is 2.41.